The molecule has 1 atom stereocenters. The van der Waals surface area contributed by atoms with Gasteiger partial charge in [-0.15, -0.1) is 11.3 Å². The van der Waals surface area contributed by atoms with Crippen molar-refractivity contribution >= 4 is 39.9 Å². The summed E-state index contributed by atoms with van der Waals surface area (Å²) >= 11 is 1.41. The van der Waals surface area contributed by atoms with E-state index in [-0.39, 0.29) is 11.1 Å². The van der Waals surface area contributed by atoms with Crippen LogP contribution in [0.2, 0.25) is 0 Å². The normalized spacial score (nSPS) is 16.3. The topological polar surface area (TPSA) is 115 Å². The third kappa shape index (κ3) is 4.76. The molecular formula is C22H25N3O4S. The Morgan fingerprint density at radius 2 is 2.07 bits per heavy atom. The summed E-state index contributed by atoms with van der Waals surface area (Å²) in [4.78, 5) is 36.0. The predicted molar refractivity (Wildman–Crippen MR) is 119 cm³/mol. The van der Waals surface area contributed by atoms with Crippen LogP contribution in [-0.4, -0.2) is 16.7 Å². The van der Waals surface area contributed by atoms with Crippen molar-refractivity contribution in [2.75, 3.05) is 5.32 Å². The Morgan fingerprint density at radius 1 is 1.33 bits per heavy atom. The number of rotatable bonds is 5. The molecule has 0 radical (unpaired) electrons. The standard InChI is InChI=1S/C22H25N3O4S/c1-22(2,3)14-8-9-16-17(12-14)30-21(19(16)20(23)27)24-18(26)10-7-13-5-4-6-15(11-13)25(28)29/h4-7,10-11,14H,8-9,12H2,1-3H3,(H2,23,27)(H,24,26)/b10-7+/t14-/m0/s1. The number of hydrogen-bond donors (Lipinski definition) is 2. The lowest BCUT2D eigenvalue weighted by molar-refractivity contribution is -0.384. The molecule has 30 heavy (non-hydrogen) atoms. The molecule has 0 unspecified atom stereocenters. The predicted octanol–water partition coefficient (Wildman–Crippen LogP) is 4.56. The number of nitro groups is 1. The molecule has 0 saturated carbocycles. The van der Waals surface area contributed by atoms with Crippen molar-refractivity contribution < 1.29 is 14.5 Å². The Bertz CT molecular complexity index is 1030. The fourth-order valence-corrected chi connectivity index (χ4v) is 5.08. The van der Waals surface area contributed by atoms with Crippen molar-refractivity contribution in [1.82, 2.24) is 0 Å². The quantitative estimate of drug-likeness (QED) is 0.413. The summed E-state index contributed by atoms with van der Waals surface area (Å²) in [5.41, 5.74) is 7.63. The van der Waals surface area contributed by atoms with E-state index in [1.54, 1.807) is 12.1 Å². The number of benzene rings is 1. The van der Waals surface area contributed by atoms with Crippen LogP contribution in [0.4, 0.5) is 10.7 Å². The minimum Gasteiger partial charge on any atom is -0.365 e. The van der Waals surface area contributed by atoms with Gasteiger partial charge >= 0.3 is 0 Å². The number of carbonyl (C=O) groups excluding carboxylic acids is 2. The van der Waals surface area contributed by atoms with Crippen LogP contribution in [0.3, 0.4) is 0 Å². The monoisotopic (exact) mass is 427 g/mol. The summed E-state index contributed by atoms with van der Waals surface area (Å²) in [5.74, 6) is -0.462. The summed E-state index contributed by atoms with van der Waals surface area (Å²) in [7, 11) is 0. The number of hydrogen-bond acceptors (Lipinski definition) is 5. The highest BCUT2D eigenvalue weighted by Crippen LogP contribution is 2.44. The Balaban J connectivity index is 1.80. The SMILES string of the molecule is CC(C)(C)[C@H]1CCc2c(sc(NC(=O)/C=C/c3cccc([N+](=O)[O-])c3)c2C(N)=O)C1. The molecule has 2 aromatic rings. The molecule has 0 spiro atoms. The number of nitrogens with two attached hydrogens (primary N) is 1. The molecule has 3 N–H and O–H groups in total. The summed E-state index contributed by atoms with van der Waals surface area (Å²) in [6.07, 6.45) is 5.40. The Labute approximate surface area is 179 Å². The van der Waals surface area contributed by atoms with E-state index in [1.807, 2.05) is 0 Å². The van der Waals surface area contributed by atoms with Crippen LogP contribution in [0, 0.1) is 21.4 Å². The van der Waals surface area contributed by atoms with Crippen LogP contribution in [0.15, 0.2) is 30.3 Å². The van der Waals surface area contributed by atoms with Gasteiger partial charge in [0.1, 0.15) is 5.00 Å². The second-order valence-corrected chi connectivity index (χ2v) is 9.66. The molecule has 158 valence electrons. The number of nitro benzene ring substituents is 1. The van der Waals surface area contributed by atoms with E-state index in [0.29, 0.717) is 22.0 Å². The Morgan fingerprint density at radius 3 is 2.70 bits per heavy atom. The smallest absolute Gasteiger partial charge is 0.270 e. The van der Waals surface area contributed by atoms with E-state index in [4.69, 9.17) is 5.73 Å². The maximum atomic E-state index is 12.4. The molecule has 1 heterocycles. The van der Waals surface area contributed by atoms with E-state index >= 15 is 0 Å². The van der Waals surface area contributed by atoms with Gasteiger partial charge in [0, 0.05) is 23.1 Å². The van der Waals surface area contributed by atoms with E-state index in [1.165, 1.54) is 35.6 Å². The highest BCUT2D eigenvalue weighted by molar-refractivity contribution is 7.17. The molecule has 1 aliphatic carbocycles. The van der Waals surface area contributed by atoms with Gasteiger partial charge in [0.25, 0.3) is 11.6 Å². The molecule has 1 aromatic heterocycles. The van der Waals surface area contributed by atoms with Crippen molar-refractivity contribution in [3.05, 3.63) is 62.0 Å². The summed E-state index contributed by atoms with van der Waals surface area (Å²) in [5, 5.41) is 14.1. The Hall–Kier alpha value is -3.00. The fourth-order valence-electron chi connectivity index (χ4n) is 3.74. The highest BCUT2D eigenvalue weighted by atomic mass is 32.1. The van der Waals surface area contributed by atoms with Gasteiger partial charge in [0.2, 0.25) is 5.91 Å². The summed E-state index contributed by atoms with van der Waals surface area (Å²) in [6.45, 7) is 6.64. The molecule has 8 heteroatoms. The number of carbonyl (C=O) groups is 2. The van der Waals surface area contributed by atoms with Crippen LogP contribution in [-0.2, 0) is 17.6 Å². The third-order valence-corrected chi connectivity index (χ3v) is 6.65. The van der Waals surface area contributed by atoms with Gasteiger partial charge in [-0.2, -0.15) is 0 Å². The average molecular weight is 428 g/mol. The van der Waals surface area contributed by atoms with Crippen molar-refractivity contribution in [2.45, 2.75) is 40.0 Å². The number of thiophene rings is 1. The first-order valence-electron chi connectivity index (χ1n) is 9.74. The molecule has 1 aliphatic rings. The first kappa shape index (κ1) is 21.7. The van der Waals surface area contributed by atoms with Gasteiger partial charge in [-0.1, -0.05) is 32.9 Å². The van der Waals surface area contributed by atoms with Crippen LogP contribution in [0.1, 0.15) is 53.6 Å². The minimum absolute atomic E-state index is 0.0482. The lowest BCUT2D eigenvalue weighted by Gasteiger charge is -2.33. The van der Waals surface area contributed by atoms with E-state index in [9.17, 15) is 19.7 Å². The maximum Gasteiger partial charge on any atom is 0.270 e. The lowest BCUT2D eigenvalue weighted by atomic mass is 9.72. The van der Waals surface area contributed by atoms with Crippen LogP contribution >= 0.6 is 11.3 Å². The van der Waals surface area contributed by atoms with Gasteiger partial charge in [0.15, 0.2) is 0 Å². The van der Waals surface area contributed by atoms with Crippen LogP contribution in [0.25, 0.3) is 6.08 Å². The number of non-ortho nitro benzene ring substituents is 1. The zero-order chi connectivity index (χ0) is 22.1. The van der Waals surface area contributed by atoms with Crippen molar-refractivity contribution in [2.24, 2.45) is 17.1 Å². The van der Waals surface area contributed by atoms with E-state index in [0.717, 1.165) is 29.7 Å². The molecule has 2 amide bonds. The van der Waals surface area contributed by atoms with Crippen LogP contribution < -0.4 is 11.1 Å². The molecule has 1 aromatic carbocycles. The number of nitrogens with one attached hydrogen (secondary N) is 1. The largest absolute Gasteiger partial charge is 0.365 e. The fraction of sp³-hybridized carbons (Fsp3) is 0.364. The van der Waals surface area contributed by atoms with E-state index < -0.39 is 16.7 Å². The third-order valence-electron chi connectivity index (χ3n) is 5.48. The molecule has 7 nitrogen and oxygen atoms in total. The molecule has 3 rings (SSSR count). The first-order valence-corrected chi connectivity index (χ1v) is 10.6. The zero-order valence-electron chi connectivity index (χ0n) is 17.2. The molecule has 0 saturated heterocycles. The second kappa shape index (κ2) is 8.39. The number of primary amides is 1. The molecule has 0 aliphatic heterocycles. The first-order chi connectivity index (χ1) is 14.1. The summed E-state index contributed by atoms with van der Waals surface area (Å²) in [6, 6.07) is 5.99. The summed E-state index contributed by atoms with van der Waals surface area (Å²) < 4.78 is 0. The van der Waals surface area contributed by atoms with Gasteiger partial charge in [-0.05, 0) is 47.8 Å². The lowest BCUT2D eigenvalue weighted by Crippen LogP contribution is -2.27. The number of fused-ring (bicyclic) bond motifs is 1. The number of amides is 2. The van der Waals surface area contributed by atoms with Crippen molar-refractivity contribution in [3.8, 4) is 0 Å². The van der Waals surface area contributed by atoms with Crippen LogP contribution in [0.5, 0.6) is 0 Å². The zero-order valence-corrected chi connectivity index (χ0v) is 18.0. The average Bonchev–Trinajstić information content (AvgIpc) is 3.03. The molecular weight excluding hydrogens is 402 g/mol. The van der Waals surface area contributed by atoms with Crippen molar-refractivity contribution in [3.63, 3.8) is 0 Å². The minimum atomic E-state index is -0.542. The Kier molecular flexibility index (Phi) is 6.07. The number of nitrogens with zero attached hydrogens (tertiary/aromatic N) is 1. The van der Waals surface area contributed by atoms with Gasteiger partial charge < -0.3 is 11.1 Å². The molecule has 0 bridgehead atoms. The second-order valence-electron chi connectivity index (χ2n) is 8.55. The van der Waals surface area contributed by atoms with E-state index in [2.05, 4.69) is 26.1 Å². The van der Waals surface area contributed by atoms with Crippen molar-refractivity contribution in [1.29, 1.82) is 0 Å². The maximum absolute atomic E-state index is 12.4. The van der Waals surface area contributed by atoms with Gasteiger partial charge in [-0.3, -0.25) is 19.7 Å². The highest BCUT2D eigenvalue weighted by Gasteiger charge is 2.33. The van der Waals surface area contributed by atoms with Gasteiger partial charge in [-0.25, -0.2) is 0 Å². The van der Waals surface area contributed by atoms with Gasteiger partial charge in [0.05, 0.1) is 10.5 Å². The molecule has 0 fully saturated rings. The number of anilines is 1.